The monoisotopic (exact) mass is 351 g/mol. The maximum Gasteiger partial charge on any atom is 0.246 e. The van der Waals surface area contributed by atoms with Crippen molar-refractivity contribution in [3.05, 3.63) is 35.2 Å². The Morgan fingerprint density at radius 3 is 2.62 bits per heavy atom. The van der Waals surface area contributed by atoms with Crippen molar-refractivity contribution in [1.29, 1.82) is 0 Å². The average molecular weight is 352 g/mol. The first-order valence-corrected chi connectivity index (χ1v) is 7.89. The number of halogens is 1. The number of ether oxygens (including phenoxy) is 1. The molecule has 0 saturated carbocycles. The van der Waals surface area contributed by atoms with E-state index in [1.165, 1.54) is 0 Å². The van der Waals surface area contributed by atoms with E-state index in [0.29, 0.717) is 35.8 Å². The van der Waals surface area contributed by atoms with Crippen molar-refractivity contribution in [1.82, 2.24) is 20.8 Å². The van der Waals surface area contributed by atoms with Crippen molar-refractivity contribution in [2.75, 3.05) is 20.7 Å². The molecule has 0 aliphatic carbocycles. The Kier molecular flexibility index (Phi) is 6.16. The first-order valence-electron chi connectivity index (χ1n) is 7.52. The highest BCUT2D eigenvalue weighted by Gasteiger charge is 2.16. The molecule has 0 bridgehead atoms. The molecule has 0 aliphatic rings. The van der Waals surface area contributed by atoms with Gasteiger partial charge in [-0.15, -0.1) is 0 Å². The lowest BCUT2D eigenvalue weighted by Crippen LogP contribution is -2.45. The molecule has 7 nitrogen and oxygen atoms in total. The summed E-state index contributed by atoms with van der Waals surface area (Å²) in [6, 6.07) is 7.26. The summed E-state index contributed by atoms with van der Waals surface area (Å²) in [7, 11) is 3.37. The van der Waals surface area contributed by atoms with Crippen LogP contribution in [0, 0.1) is 0 Å². The summed E-state index contributed by atoms with van der Waals surface area (Å²) in [5.74, 6) is 1.62. The summed E-state index contributed by atoms with van der Waals surface area (Å²) in [4.78, 5) is 8.50. The normalized spacial score (nSPS) is 12.3. The van der Waals surface area contributed by atoms with Crippen molar-refractivity contribution >= 4 is 17.6 Å². The summed E-state index contributed by atoms with van der Waals surface area (Å²) in [5.41, 5.74) is 0.558. The van der Waals surface area contributed by atoms with Crippen molar-refractivity contribution in [2.24, 2.45) is 4.99 Å². The minimum Gasteiger partial charge on any atom is -0.377 e. The zero-order valence-corrected chi connectivity index (χ0v) is 15.0. The fraction of sp³-hybridized carbons (Fsp3) is 0.438. The van der Waals surface area contributed by atoms with Crippen LogP contribution in [0.15, 0.2) is 33.8 Å². The van der Waals surface area contributed by atoms with Crippen LogP contribution in [-0.2, 0) is 11.3 Å². The zero-order chi connectivity index (χ0) is 17.6. The van der Waals surface area contributed by atoms with Gasteiger partial charge in [0.2, 0.25) is 11.7 Å². The molecule has 1 heterocycles. The topological polar surface area (TPSA) is 84.6 Å². The number of benzene rings is 1. The third-order valence-corrected chi connectivity index (χ3v) is 3.69. The van der Waals surface area contributed by atoms with Gasteiger partial charge in [-0.3, -0.25) is 4.99 Å². The van der Waals surface area contributed by atoms with Gasteiger partial charge in [0, 0.05) is 31.3 Å². The molecular weight excluding hydrogens is 330 g/mol. The summed E-state index contributed by atoms with van der Waals surface area (Å²) in [6.45, 7) is 4.96. The number of hydrogen-bond acceptors (Lipinski definition) is 5. The van der Waals surface area contributed by atoms with Crippen LogP contribution in [0.5, 0.6) is 0 Å². The van der Waals surface area contributed by atoms with Gasteiger partial charge in [-0.05, 0) is 38.1 Å². The van der Waals surface area contributed by atoms with Crippen LogP contribution in [0.25, 0.3) is 11.4 Å². The number of guanidine groups is 1. The molecule has 0 radical (unpaired) electrons. The largest absolute Gasteiger partial charge is 0.377 e. The zero-order valence-electron chi connectivity index (χ0n) is 14.3. The molecule has 0 fully saturated rings. The molecule has 1 aromatic heterocycles. The minimum absolute atomic E-state index is 0.288. The number of aliphatic imine (C=N–C) groups is 1. The van der Waals surface area contributed by atoms with E-state index < -0.39 is 0 Å². The van der Waals surface area contributed by atoms with Crippen LogP contribution in [-0.4, -0.2) is 42.4 Å². The molecule has 0 amide bonds. The lowest BCUT2D eigenvalue weighted by atomic mass is 10.1. The molecule has 2 rings (SSSR count). The Hall–Kier alpha value is -2.12. The van der Waals surface area contributed by atoms with E-state index in [-0.39, 0.29) is 5.60 Å². The molecule has 8 heteroatoms. The molecule has 2 aromatic rings. The van der Waals surface area contributed by atoms with Crippen molar-refractivity contribution in [2.45, 2.75) is 26.0 Å². The maximum absolute atomic E-state index is 5.87. The van der Waals surface area contributed by atoms with E-state index in [2.05, 4.69) is 25.8 Å². The summed E-state index contributed by atoms with van der Waals surface area (Å²) >= 11 is 5.87. The van der Waals surface area contributed by atoms with Gasteiger partial charge in [0.1, 0.15) is 0 Å². The molecule has 130 valence electrons. The predicted molar refractivity (Wildman–Crippen MR) is 94.0 cm³/mol. The molecule has 2 N–H and O–H groups in total. The second-order valence-electron chi connectivity index (χ2n) is 5.76. The Morgan fingerprint density at radius 1 is 1.29 bits per heavy atom. The fourth-order valence-electron chi connectivity index (χ4n) is 1.79. The van der Waals surface area contributed by atoms with E-state index in [0.717, 1.165) is 5.56 Å². The standard InChI is InChI=1S/C16H22ClN5O2/c1-16(2,23-4)10-20-15(18-3)19-9-13-21-14(22-24-13)11-5-7-12(17)8-6-11/h5-8H,9-10H2,1-4H3,(H2,18,19,20). The molecule has 0 spiro atoms. The second kappa shape index (κ2) is 8.12. The van der Waals surface area contributed by atoms with Gasteiger partial charge < -0.3 is 19.9 Å². The Bertz CT molecular complexity index is 682. The van der Waals surface area contributed by atoms with Crippen LogP contribution in [0.1, 0.15) is 19.7 Å². The highest BCUT2D eigenvalue weighted by atomic mass is 35.5. The van der Waals surface area contributed by atoms with E-state index in [1.54, 1.807) is 26.3 Å². The third kappa shape index (κ3) is 5.21. The molecule has 0 saturated heterocycles. The van der Waals surface area contributed by atoms with Crippen LogP contribution < -0.4 is 10.6 Å². The average Bonchev–Trinajstić information content (AvgIpc) is 3.04. The highest BCUT2D eigenvalue weighted by molar-refractivity contribution is 6.30. The van der Waals surface area contributed by atoms with Crippen LogP contribution in [0.4, 0.5) is 0 Å². The van der Waals surface area contributed by atoms with Gasteiger partial charge in [-0.2, -0.15) is 4.98 Å². The number of aromatic nitrogens is 2. The summed E-state index contributed by atoms with van der Waals surface area (Å²) in [5, 5.41) is 10.9. The van der Waals surface area contributed by atoms with Crippen molar-refractivity contribution in [3.63, 3.8) is 0 Å². The van der Waals surface area contributed by atoms with E-state index >= 15 is 0 Å². The number of methoxy groups -OCH3 is 1. The maximum atomic E-state index is 5.87. The van der Waals surface area contributed by atoms with Crippen LogP contribution in [0.3, 0.4) is 0 Å². The smallest absolute Gasteiger partial charge is 0.246 e. The Balaban J connectivity index is 1.91. The Morgan fingerprint density at radius 2 is 2.00 bits per heavy atom. The van der Waals surface area contributed by atoms with Gasteiger partial charge in [0.05, 0.1) is 12.1 Å². The quantitative estimate of drug-likeness (QED) is 0.614. The third-order valence-electron chi connectivity index (χ3n) is 3.44. The molecular formula is C16H22ClN5O2. The number of nitrogens with zero attached hydrogens (tertiary/aromatic N) is 3. The van der Waals surface area contributed by atoms with Crippen molar-refractivity contribution < 1.29 is 9.26 Å². The van der Waals surface area contributed by atoms with Gasteiger partial charge >= 0.3 is 0 Å². The van der Waals surface area contributed by atoms with Gasteiger partial charge in [0.15, 0.2) is 5.96 Å². The SMILES string of the molecule is CN=C(NCc1nc(-c2ccc(Cl)cc2)no1)NCC(C)(C)OC. The predicted octanol–water partition coefficient (Wildman–Crippen LogP) is 2.48. The molecule has 0 atom stereocenters. The van der Waals surface area contributed by atoms with E-state index in [9.17, 15) is 0 Å². The van der Waals surface area contributed by atoms with Gasteiger partial charge in [-0.1, -0.05) is 16.8 Å². The molecule has 0 aliphatic heterocycles. The van der Waals surface area contributed by atoms with E-state index in [4.69, 9.17) is 20.9 Å². The first kappa shape index (κ1) is 18.2. The second-order valence-corrected chi connectivity index (χ2v) is 6.20. The summed E-state index contributed by atoms with van der Waals surface area (Å²) in [6.07, 6.45) is 0. The lowest BCUT2D eigenvalue weighted by molar-refractivity contribution is 0.0268. The molecule has 1 aromatic carbocycles. The molecule has 0 unspecified atom stereocenters. The summed E-state index contributed by atoms with van der Waals surface area (Å²) < 4.78 is 10.6. The van der Waals surface area contributed by atoms with Gasteiger partial charge in [-0.25, -0.2) is 0 Å². The Labute approximate surface area is 146 Å². The van der Waals surface area contributed by atoms with E-state index in [1.807, 2.05) is 26.0 Å². The number of hydrogen-bond donors (Lipinski definition) is 2. The van der Waals surface area contributed by atoms with Crippen LogP contribution in [0.2, 0.25) is 5.02 Å². The van der Waals surface area contributed by atoms with Gasteiger partial charge in [0.25, 0.3) is 0 Å². The number of nitrogens with one attached hydrogen (secondary N) is 2. The molecule has 24 heavy (non-hydrogen) atoms. The fourth-order valence-corrected chi connectivity index (χ4v) is 1.92. The first-order chi connectivity index (χ1) is 11.4. The highest BCUT2D eigenvalue weighted by Crippen LogP contribution is 2.18. The minimum atomic E-state index is -0.288. The van der Waals surface area contributed by atoms with Crippen molar-refractivity contribution in [3.8, 4) is 11.4 Å². The number of rotatable bonds is 6. The van der Waals surface area contributed by atoms with Crippen LogP contribution >= 0.6 is 11.6 Å². The lowest BCUT2D eigenvalue weighted by Gasteiger charge is -2.24.